The lowest BCUT2D eigenvalue weighted by atomic mass is 9.81. The lowest BCUT2D eigenvalue weighted by molar-refractivity contribution is 0.657. The molecule has 42 heavy (non-hydrogen) atoms. The van der Waals surface area contributed by atoms with E-state index in [1.54, 1.807) is 0 Å². The summed E-state index contributed by atoms with van der Waals surface area (Å²) in [5, 5.41) is 4.46. The number of hydrogen-bond acceptors (Lipinski definition) is 4. The summed E-state index contributed by atoms with van der Waals surface area (Å²) in [5.74, 6) is 0. The summed E-state index contributed by atoms with van der Waals surface area (Å²) in [5.41, 5.74) is 12.4. The maximum atomic E-state index is 6.60. The summed E-state index contributed by atoms with van der Waals surface area (Å²) < 4.78 is 6.60. The number of para-hydroxylation sites is 1. The molecule has 1 aliphatic carbocycles. The summed E-state index contributed by atoms with van der Waals surface area (Å²) in [6.07, 6.45) is 3.77. The largest absolute Gasteiger partial charge is 0.455 e. The smallest absolute Gasteiger partial charge is 0.143 e. The average Bonchev–Trinajstić information content (AvgIpc) is 3.53. The maximum absolute atomic E-state index is 6.60. The number of pyridine rings is 3. The molecule has 0 N–H and O–H groups in total. The van der Waals surface area contributed by atoms with Gasteiger partial charge in [0.05, 0.1) is 22.4 Å². The van der Waals surface area contributed by atoms with Crippen LogP contribution >= 0.6 is 0 Å². The Bertz CT molecular complexity index is 2380. The third kappa shape index (κ3) is 3.15. The van der Waals surface area contributed by atoms with Crippen LogP contribution < -0.4 is 0 Å². The van der Waals surface area contributed by atoms with Crippen molar-refractivity contribution >= 4 is 43.7 Å². The van der Waals surface area contributed by atoms with Crippen molar-refractivity contribution in [3.63, 3.8) is 0 Å². The van der Waals surface area contributed by atoms with E-state index in [1.807, 2.05) is 30.6 Å². The van der Waals surface area contributed by atoms with Gasteiger partial charge in [-0.3, -0.25) is 9.97 Å². The van der Waals surface area contributed by atoms with Gasteiger partial charge in [-0.1, -0.05) is 86.6 Å². The molecule has 0 bridgehead atoms. The van der Waals surface area contributed by atoms with Crippen molar-refractivity contribution < 1.29 is 4.42 Å². The molecule has 0 radical (unpaired) electrons. The van der Waals surface area contributed by atoms with Gasteiger partial charge in [0.1, 0.15) is 11.2 Å². The topological polar surface area (TPSA) is 51.8 Å². The van der Waals surface area contributed by atoms with Gasteiger partial charge in [-0.2, -0.15) is 0 Å². The van der Waals surface area contributed by atoms with Crippen LogP contribution in [0.3, 0.4) is 0 Å². The molecular weight excluding hydrogens is 514 g/mol. The Kier molecular flexibility index (Phi) is 4.64. The minimum atomic E-state index is -0.133. The van der Waals surface area contributed by atoms with Gasteiger partial charge in [0.25, 0.3) is 0 Å². The highest BCUT2D eigenvalue weighted by Crippen LogP contribution is 2.54. The van der Waals surface area contributed by atoms with E-state index in [0.717, 1.165) is 60.9 Å². The Morgan fingerprint density at radius 1 is 0.643 bits per heavy atom. The van der Waals surface area contributed by atoms with Gasteiger partial charge >= 0.3 is 0 Å². The second-order valence-corrected chi connectivity index (χ2v) is 11.7. The summed E-state index contributed by atoms with van der Waals surface area (Å²) >= 11 is 0. The quantitative estimate of drug-likeness (QED) is 0.205. The maximum Gasteiger partial charge on any atom is 0.143 e. The van der Waals surface area contributed by atoms with Crippen LogP contribution in [0.1, 0.15) is 25.0 Å². The first-order chi connectivity index (χ1) is 20.6. The van der Waals surface area contributed by atoms with Crippen LogP contribution in [-0.4, -0.2) is 15.0 Å². The van der Waals surface area contributed by atoms with Crippen molar-refractivity contribution in [1.82, 2.24) is 15.0 Å². The van der Waals surface area contributed by atoms with Gasteiger partial charge < -0.3 is 4.42 Å². The van der Waals surface area contributed by atoms with Crippen molar-refractivity contribution in [2.24, 2.45) is 0 Å². The average molecular weight is 540 g/mol. The highest BCUT2D eigenvalue weighted by molar-refractivity contribution is 6.18. The molecule has 198 valence electrons. The molecule has 4 aromatic heterocycles. The Labute approximate surface area is 242 Å². The Morgan fingerprint density at radius 3 is 2.31 bits per heavy atom. The lowest BCUT2D eigenvalue weighted by Gasteiger charge is -2.22. The van der Waals surface area contributed by atoms with Crippen molar-refractivity contribution in [2.75, 3.05) is 0 Å². The van der Waals surface area contributed by atoms with Gasteiger partial charge in [-0.15, -0.1) is 0 Å². The molecule has 0 spiro atoms. The Morgan fingerprint density at radius 2 is 1.43 bits per heavy atom. The predicted molar refractivity (Wildman–Crippen MR) is 171 cm³/mol. The second kappa shape index (κ2) is 8.34. The fourth-order valence-corrected chi connectivity index (χ4v) is 6.85. The van der Waals surface area contributed by atoms with Crippen LogP contribution in [0.2, 0.25) is 0 Å². The van der Waals surface area contributed by atoms with Crippen LogP contribution in [0.15, 0.2) is 120 Å². The zero-order valence-corrected chi connectivity index (χ0v) is 23.2. The van der Waals surface area contributed by atoms with Gasteiger partial charge in [0.2, 0.25) is 0 Å². The van der Waals surface area contributed by atoms with Crippen LogP contribution in [0.25, 0.3) is 77.4 Å². The number of nitrogens with zero attached hydrogens (tertiary/aromatic N) is 3. The van der Waals surface area contributed by atoms with E-state index in [0.29, 0.717) is 0 Å². The first-order valence-corrected chi connectivity index (χ1v) is 14.3. The number of rotatable bonds is 2. The Hall–Kier alpha value is -5.35. The molecule has 0 aliphatic heterocycles. The summed E-state index contributed by atoms with van der Waals surface area (Å²) in [6.45, 7) is 4.64. The molecule has 9 rings (SSSR count). The number of furan rings is 1. The number of aromatic nitrogens is 3. The molecule has 0 unspecified atom stereocenters. The normalized spacial score (nSPS) is 13.7. The van der Waals surface area contributed by atoms with E-state index in [9.17, 15) is 0 Å². The highest BCUT2D eigenvalue weighted by atomic mass is 16.3. The van der Waals surface area contributed by atoms with Crippen LogP contribution in [-0.2, 0) is 5.41 Å². The van der Waals surface area contributed by atoms with Crippen LogP contribution in [0, 0.1) is 0 Å². The monoisotopic (exact) mass is 539 g/mol. The summed E-state index contributed by atoms with van der Waals surface area (Å²) in [7, 11) is 0. The third-order valence-electron chi connectivity index (χ3n) is 8.96. The zero-order valence-electron chi connectivity index (χ0n) is 23.2. The van der Waals surface area contributed by atoms with Crippen molar-refractivity contribution in [1.29, 1.82) is 0 Å². The van der Waals surface area contributed by atoms with Gasteiger partial charge in [-0.25, -0.2) is 4.98 Å². The van der Waals surface area contributed by atoms with E-state index in [-0.39, 0.29) is 5.41 Å². The van der Waals surface area contributed by atoms with Gasteiger partial charge in [0, 0.05) is 50.5 Å². The van der Waals surface area contributed by atoms with Crippen LogP contribution in [0.5, 0.6) is 0 Å². The number of benzene rings is 4. The van der Waals surface area contributed by atoms with Crippen molar-refractivity contribution in [2.45, 2.75) is 19.3 Å². The molecule has 0 fully saturated rings. The van der Waals surface area contributed by atoms with E-state index in [1.165, 1.54) is 27.6 Å². The minimum Gasteiger partial charge on any atom is -0.455 e. The fourth-order valence-electron chi connectivity index (χ4n) is 6.85. The molecule has 0 amide bonds. The number of hydrogen-bond donors (Lipinski definition) is 0. The van der Waals surface area contributed by atoms with Gasteiger partial charge in [-0.05, 0) is 52.6 Å². The molecule has 4 heteroatoms. The molecule has 1 aliphatic rings. The second-order valence-electron chi connectivity index (χ2n) is 11.7. The standard InChI is InChI=1S/C38H25N3O/c1-38(2)28-11-5-3-9-25(28)33-29(38)20-27(37-34(33)26-10-4-6-12-32(26)42-37)24-16-17-30(40-21-24)31-18-15-23-14-13-22-8-7-19-39-35(22)36(23)41-31/h3-21H,1-2H3. The molecule has 4 aromatic carbocycles. The fraction of sp³-hybridized carbons (Fsp3) is 0.0789. The van der Waals surface area contributed by atoms with E-state index >= 15 is 0 Å². The molecule has 0 atom stereocenters. The third-order valence-corrected chi connectivity index (χ3v) is 8.96. The van der Waals surface area contributed by atoms with Crippen molar-refractivity contribution in [3.8, 4) is 33.6 Å². The Balaban J connectivity index is 1.24. The van der Waals surface area contributed by atoms with Crippen molar-refractivity contribution in [3.05, 3.63) is 127 Å². The van der Waals surface area contributed by atoms with Gasteiger partial charge in [0.15, 0.2) is 0 Å². The van der Waals surface area contributed by atoms with E-state index < -0.39 is 0 Å². The lowest BCUT2D eigenvalue weighted by Crippen LogP contribution is -2.15. The first-order valence-electron chi connectivity index (χ1n) is 14.3. The summed E-state index contributed by atoms with van der Waals surface area (Å²) in [6, 6.07) is 36.0. The first kappa shape index (κ1) is 23.4. The predicted octanol–water partition coefficient (Wildman–Crippen LogP) is 9.72. The van der Waals surface area contributed by atoms with E-state index in [2.05, 4.69) is 104 Å². The van der Waals surface area contributed by atoms with Crippen LogP contribution in [0.4, 0.5) is 0 Å². The molecular formula is C38H25N3O. The zero-order chi connectivity index (χ0) is 28.0. The van der Waals surface area contributed by atoms with E-state index in [4.69, 9.17) is 14.4 Å². The highest BCUT2D eigenvalue weighted by Gasteiger charge is 2.38. The summed E-state index contributed by atoms with van der Waals surface area (Å²) in [4.78, 5) is 14.5. The molecule has 0 saturated heterocycles. The molecule has 4 nitrogen and oxygen atoms in total. The number of fused-ring (bicyclic) bond motifs is 10. The molecule has 0 saturated carbocycles. The SMILES string of the molecule is CC1(C)c2ccccc2-c2c1cc(-c1ccc(-c3ccc4ccc5cccnc5c4n3)nc1)c1oc3ccccc3c21. The molecule has 8 aromatic rings. The minimum absolute atomic E-state index is 0.133. The molecule has 4 heterocycles.